The first kappa shape index (κ1) is 13.9. The zero-order chi connectivity index (χ0) is 13.0. The summed E-state index contributed by atoms with van der Waals surface area (Å²) in [5, 5.41) is 0. The van der Waals surface area contributed by atoms with Gasteiger partial charge in [0.05, 0.1) is 12.6 Å². The molecule has 1 aromatic carbocycles. The second-order valence-corrected chi connectivity index (χ2v) is 4.58. The van der Waals surface area contributed by atoms with E-state index in [1.54, 1.807) is 7.11 Å². The standard InChI is InChI=1S/C14H21NO2/c1-9-5-10(2)12(11(3)6-9)7-14(16)13(15)8-17-4/h5-6,13H,7-8,15H2,1-4H3. The van der Waals surface area contributed by atoms with Gasteiger partial charge >= 0.3 is 0 Å². The molecular formula is C14H21NO2. The van der Waals surface area contributed by atoms with Gasteiger partial charge in [-0.15, -0.1) is 0 Å². The van der Waals surface area contributed by atoms with Crippen molar-refractivity contribution in [1.82, 2.24) is 0 Å². The van der Waals surface area contributed by atoms with Crippen LogP contribution in [0.25, 0.3) is 0 Å². The maximum absolute atomic E-state index is 11.9. The highest BCUT2D eigenvalue weighted by Gasteiger charge is 2.16. The summed E-state index contributed by atoms with van der Waals surface area (Å²) in [6.07, 6.45) is 0.391. The first-order chi connectivity index (χ1) is 7.95. The van der Waals surface area contributed by atoms with E-state index in [-0.39, 0.29) is 12.4 Å². The average molecular weight is 235 g/mol. The molecule has 3 heteroatoms. The Morgan fingerprint density at radius 3 is 2.29 bits per heavy atom. The lowest BCUT2D eigenvalue weighted by atomic mass is 9.94. The molecule has 94 valence electrons. The fourth-order valence-electron chi connectivity index (χ4n) is 2.07. The molecule has 0 aromatic heterocycles. The van der Waals surface area contributed by atoms with Gasteiger partial charge in [-0.2, -0.15) is 0 Å². The van der Waals surface area contributed by atoms with Crippen LogP contribution in [-0.4, -0.2) is 25.5 Å². The number of methoxy groups -OCH3 is 1. The highest BCUT2D eigenvalue weighted by atomic mass is 16.5. The molecule has 0 radical (unpaired) electrons. The Morgan fingerprint density at radius 2 is 1.82 bits per heavy atom. The summed E-state index contributed by atoms with van der Waals surface area (Å²) in [7, 11) is 1.55. The van der Waals surface area contributed by atoms with Crippen LogP contribution in [0.1, 0.15) is 22.3 Å². The summed E-state index contributed by atoms with van der Waals surface area (Å²) in [6.45, 7) is 6.40. The molecule has 1 rings (SSSR count). The fraction of sp³-hybridized carbons (Fsp3) is 0.500. The summed E-state index contributed by atoms with van der Waals surface area (Å²) in [6, 6.07) is 3.66. The van der Waals surface area contributed by atoms with Gasteiger partial charge in [-0.25, -0.2) is 0 Å². The van der Waals surface area contributed by atoms with Crippen molar-refractivity contribution in [3.63, 3.8) is 0 Å². The number of aryl methyl sites for hydroxylation is 3. The van der Waals surface area contributed by atoms with E-state index in [0.717, 1.165) is 16.7 Å². The van der Waals surface area contributed by atoms with E-state index < -0.39 is 6.04 Å². The molecule has 2 N–H and O–H groups in total. The normalized spacial score (nSPS) is 12.5. The van der Waals surface area contributed by atoms with Gasteiger partial charge in [-0.1, -0.05) is 17.7 Å². The molecular weight excluding hydrogens is 214 g/mol. The molecule has 1 unspecified atom stereocenters. The molecule has 0 fully saturated rings. The Balaban J connectivity index is 2.85. The Morgan fingerprint density at radius 1 is 1.29 bits per heavy atom. The van der Waals surface area contributed by atoms with Gasteiger partial charge in [0.2, 0.25) is 0 Å². The number of rotatable bonds is 5. The molecule has 0 bridgehead atoms. The minimum Gasteiger partial charge on any atom is -0.383 e. The Hall–Kier alpha value is -1.19. The second-order valence-electron chi connectivity index (χ2n) is 4.58. The van der Waals surface area contributed by atoms with Crippen LogP contribution in [0.5, 0.6) is 0 Å². The maximum atomic E-state index is 11.9. The largest absolute Gasteiger partial charge is 0.383 e. The fourth-order valence-corrected chi connectivity index (χ4v) is 2.07. The minimum atomic E-state index is -0.528. The van der Waals surface area contributed by atoms with Crippen molar-refractivity contribution in [1.29, 1.82) is 0 Å². The van der Waals surface area contributed by atoms with E-state index >= 15 is 0 Å². The topological polar surface area (TPSA) is 52.3 Å². The number of hydrogen-bond donors (Lipinski definition) is 1. The molecule has 1 aromatic rings. The van der Waals surface area contributed by atoms with Crippen molar-refractivity contribution in [3.05, 3.63) is 34.4 Å². The van der Waals surface area contributed by atoms with Crippen molar-refractivity contribution in [3.8, 4) is 0 Å². The number of benzene rings is 1. The Labute approximate surface area is 103 Å². The molecule has 0 amide bonds. The van der Waals surface area contributed by atoms with E-state index in [1.807, 2.05) is 13.8 Å². The van der Waals surface area contributed by atoms with Crippen molar-refractivity contribution in [2.45, 2.75) is 33.2 Å². The summed E-state index contributed by atoms with van der Waals surface area (Å²) in [5.74, 6) is 0.0295. The predicted octanol–water partition coefficient (Wildman–Crippen LogP) is 1.70. The average Bonchev–Trinajstić information content (AvgIpc) is 2.23. The van der Waals surface area contributed by atoms with Gasteiger partial charge in [0, 0.05) is 13.5 Å². The molecule has 0 spiro atoms. The monoisotopic (exact) mass is 235 g/mol. The zero-order valence-electron chi connectivity index (χ0n) is 11.0. The molecule has 0 saturated carbocycles. The van der Waals surface area contributed by atoms with E-state index in [0.29, 0.717) is 6.42 Å². The molecule has 0 saturated heterocycles. The van der Waals surface area contributed by atoms with Crippen LogP contribution in [0.4, 0.5) is 0 Å². The van der Waals surface area contributed by atoms with Crippen LogP contribution in [0, 0.1) is 20.8 Å². The summed E-state index contributed by atoms with van der Waals surface area (Å²) < 4.78 is 4.90. The van der Waals surface area contributed by atoms with E-state index in [1.165, 1.54) is 5.56 Å². The summed E-state index contributed by atoms with van der Waals surface area (Å²) >= 11 is 0. The minimum absolute atomic E-state index is 0.0295. The van der Waals surface area contributed by atoms with Crippen molar-refractivity contribution < 1.29 is 9.53 Å². The SMILES string of the molecule is COCC(N)C(=O)Cc1c(C)cc(C)cc1C. The number of ketones is 1. The van der Waals surface area contributed by atoms with Gasteiger partial charge in [0.25, 0.3) is 0 Å². The highest BCUT2D eigenvalue weighted by molar-refractivity contribution is 5.86. The van der Waals surface area contributed by atoms with Gasteiger partial charge in [-0.3, -0.25) is 4.79 Å². The first-order valence-electron chi connectivity index (χ1n) is 5.79. The van der Waals surface area contributed by atoms with Gasteiger partial charge < -0.3 is 10.5 Å². The highest BCUT2D eigenvalue weighted by Crippen LogP contribution is 2.17. The number of Topliss-reactive ketones (excluding diaryl/α,β-unsaturated/α-hetero) is 1. The van der Waals surface area contributed by atoms with Gasteiger partial charge in [0.15, 0.2) is 5.78 Å². The molecule has 3 nitrogen and oxygen atoms in total. The maximum Gasteiger partial charge on any atom is 0.156 e. The van der Waals surface area contributed by atoms with Crippen molar-refractivity contribution >= 4 is 5.78 Å². The van der Waals surface area contributed by atoms with E-state index in [4.69, 9.17) is 10.5 Å². The molecule has 0 aliphatic rings. The molecule has 0 heterocycles. The second kappa shape index (κ2) is 5.94. The van der Waals surface area contributed by atoms with Crippen LogP contribution in [0.3, 0.4) is 0 Å². The van der Waals surface area contributed by atoms with Crippen LogP contribution in [0.2, 0.25) is 0 Å². The number of carbonyl (C=O) groups excluding carboxylic acids is 1. The zero-order valence-corrected chi connectivity index (χ0v) is 11.0. The molecule has 0 aliphatic carbocycles. The third kappa shape index (κ3) is 3.65. The number of ether oxygens (including phenoxy) is 1. The third-order valence-electron chi connectivity index (χ3n) is 2.95. The Bertz CT molecular complexity index is 390. The number of nitrogens with two attached hydrogens (primary N) is 1. The number of hydrogen-bond acceptors (Lipinski definition) is 3. The molecule has 1 atom stereocenters. The van der Waals surface area contributed by atoms with Crippen LogP contribution < -0.4 is 5.73 Å². The van der Waals surface area contributed by atoms with Gasteiger partial charge in [-0.05, 0) is 37.5 Å². The molecule has 0 aliphatic heterocycles. The van der Waals surface area contributed by atoms with Crippen LogP contribution in [-0.2, 0) is 16.0 Å². The lowest BCUT2D eigenvalue weighted by Gasteiger charge is -2.13. The van der Waals surface area contributed by atoms with Crippen molar-refractivity contribution in [2.24, 2.45) is 5.73 Å². The predicted molar refractivity (Wildman–Crippen MR) is 69.2 cm³/mol. The number of carbonyl (C=O) groups is 1. The lowest BCUT2D eigenvalue weighted by molar-refractivity contribution is -0.120. The Kier molecular flexibility index (Phi) is 4.85. The van der Waals surface area contributed by atoms with E-state index in [2.05, 4.69) is 19.1 Å². The lowest BCUT2D eigenvalue weighted by Crippen LogP contribution is -2.36. The van der Waals surface area contributed by atoms with Crippen molar-refractivity contribution in [2.75, 3.05) is 13.7 Å². The molecule has 17 heavy (non-hydrogen) atoms. The smallest absolute Gasteiger partial charge is 0.156 e. The van der Waals surface area contributed by atoms with Gasteiger partial charge in [0.1, 0.15) is 0 Å². The quantitative estimate of drug-likeness (QED) is 0.845. The summed E-state index contributed by atoms with van der Waals surface area (Å²) in [4.78, 5) is 11.9. The van der Waals surface area contributed by atoms with Crippen LogP contribution >= 0.6 is 0 Å². The summed E-state index contributed by atoms with van der Waals surface area (Å²) in [5.41, 5.74) is 10.3. The van der Waals surface area contributed by atoms with Crippen LogP contribution in [0.15, 0.2) is 12.1 Å². The van der Waals surface area contributed by atoms with E-state index in [9.17, 15) is 4.79 Å². The first-order valence-corrected chi connectivity index (χ1v) is 5.79. The third-order valence-corrected chi connectivity index (χ3v) is 2.95.